The highest BCUT2D eigenvalue weighted by Gasteiger charge is 2.36. The Hall–Kier alpha value is -2.22. The second-order valence-corrected chi connectivity index (χ2v) is 9.65. The molecule has 2 heterocycles. The van der Waals surface area contributed by atoms with Crippen molar-refractivity contribution in [3.05, 3.63) is 57.6 Å². The Labute approximate surface area is 188 Å². The van der Waals surface area contributed by atoms with E-state index in [9.17, 15) is 18.0 Å². The standard InChI is InChI=1S/C16H18B6ClF3N4O/c17-15(18,19)30(16(20,21)22)12-7-5-6-10(14(24,25)26)27-11(7)29(13(31)28-12)9-4-2-1-3-8(9)23/h1-6H,17-22H2. The molecule has 0 spiro atoms. The van der Waals surface area contributed by atoms with E-state index in [1.165, 1.54) is 12.1 Å². The van der Waals surface area contributed by atoms with Crippen LogP contribution in [0.15, 0.2) is 41.2 Å². The van der Waals surface area contributed by atoms with E-state index in [2.05, 4.69) is 9.97 Å². The molecule has 0 amide bonds. The van der Waals surface area contributed by atoms with E-state index < -0.39 is 28.0 Å². The van der Waals surface area contributed by atoms with E-state index in [4.69, 9.17) is 11.6 Å². The molecule has 31 heavy (non-hydrogen) atoms. The summed E-state index contributed by atoms with van der Waals surface area (Å²) in [5.41, 5.74) is -1.81. The second-order valence-electron chi connectivity index (χ2n) is 9.25. The van der Waals surface area contributed by atoms with E-state index in [0.29, 0.717) is 5.39 Å². The van der Waals surface area contributed by atoms with E-state index in [-0.39, 0.29) is 22.2 Å². The van der Waals surface area contributed by atoms with E-state index in [0.717, 1.165) is 10.6 Å². The van der Waals surface area contributed by atoms with Crippen LogP contribution in [0.3, 0.4) is 0 Å². The maximum Gasteiger partial charge on any atom is 0.433 e. The zero-order valence-electron chi connectivity index (χ0n) is 18.2. The largest absolute Gasteiger partial charge is 0.433 e. The highest BCUT2D eigenvalue weighted by Crippen LogP contribution is 2.34. The lowest BCUT2D eigenvalue weighted by molar-refractivity contribution is -0.141. The minimum absolute atomic E-state index is 0.156. The van der Waals surface area contributed by atoms with Crippen molar-refractivity contribution in [2.24, 2.45) is 0 Å². The highest BCUT2D eigenvalue weighted by molar-refractivity contribution is 6.66. The second kappa shape index (κ2) is 7.73. The number of alkyl halides is 3. The molecule has 3 rings (SSSR count). The summed E-state index contributed by atoms with van der Waals surface area (Å²) in [5.74, 6) is 0.268. The van der Waals surface area contributed by atoms with Crippen LogP contribution in [0, 0.1) is 0 Å². The molecule has 0 aliphatic carbocycles. The van der Waals surface area contributed by atoms with Crippen LogP contribution >= 0.6 is 11.6 Å². The summed E-state index contributed by atoms with van der Waals surface area (Å²) in [4.78, 5) is 23.2. The third-order valence-electron chi connectivity index (χ3n) is 4.66. The minimum atomic E-state index is -4.67. The lowest BCUT2D eigenvalue weighted by Crippen LogP contribution is -2.65. The van der Waals surface area contributed by atoms with Crippen LogP contribution in [0.1, 0.15) is 5.69 Å². The predicted molar refractivity (Wildman–Crippen MR) is 134 cm³/mol. The number of halogens is 4. The molecule has 15 heteroatoms. The number of pyridine rings is 1. The summed E-state index contributed by atoms with van der Waals surface area (Å²) in [6.07, 6.45) is -4.67. The quantitative estimate of drug-likeness (QED) is 0.415. The Kier molecular flexibility index (Phi) is 5.84. The molecule has 0 aliphatic heterocycles. The summed E-state index contributed by atoms with van der Waals surface area (Å²) in [7, 11) is 11.7. The maximum atomic E-state index is 13.5. The third kappa shape index (κ3) is 4.54. The van der Waals surface area contributed by atoms with Gasteiger partial charge in [0.1, 0.15) is 58.6 Å². The van der Waals surface area contributed by atoms with Crippen molar-refractivity contribution in [3.63, 3.8) is 0 Å². The van der Waals surface area contributed by atoms with Crippen molar-refractivity contribution in [3.8, 4) is 5.69 Å². The Bertz CT molecular complexity index is 1200. The topological polar surface area (TPSA) is 51.0 Å². The Morgan fingerprint density at radius 3 is 2.00 bits per heavy atom. The van der Waals surface area contributed by atoms with Gasteiger partial charge >= 0.3 is 11.9 Å². The maximum absolute atomic E-state index is 13.5. The van der Waals surface area contributed by atoms with E-state index in [1.54, 1.807) is 18.2 Å². The van der Waals surface area contributed by atoms with Crippen LogP contribution in [-0.4, -0.2) is 72.1 Å². The number of rotatable bonds is 4. The van der Waals surface area contributed by atoms with Gasteiger partial charge < -0.3 is 4.90 Å². The van der Waals surface area contributed by atoms with Crippen LogP contribution in [0.25, 0.3) is 16.7 Å². The van der Waals surface area contributed by atoms with Crippen molar-refractivity contribution in [1.29, 1.82) is 0 Å². The van der Waals surface area contributed by atoms with Gasteiger partial charge in [0.2, 0.25) is 0 Å². The molecule has 0 radical (unpaired) electrons. The fourth-order valence-corrected chi connectivity index (χ4v) is 4.13. The fraction of sp³-hybridized carbons (Fsp3) is 0.188. The number of benzene rings is 1. The van der Waals surface area contributed by atoms with E-state index in [1.807, 2.05) is 52.0 Å². The van der Waals surface area contributed by atoms with Crippen molar-refractivity contribution >= 4 is 75.5 Å². The first-order valence-electron chi connectivity index (χ1n) is 9.68. The molecule has 2 aromatic heterocycles. The first-order chi connectivity index (χ1) is 14.1. The van der Waals surface area contributed by atoms with Gasteiger partial charge in [-0.3, -0.25) is 0 Å². The zero-order chi connectivity index (χ0) is 23.4. The molecule has 3 aromatic rings. The fourth-order valence-electron chi connectivity index (χ4n) is 3.90. The molecule has 0 atom stereocenters. The SMILES string of the molecule is BC(B)(B)N(c1nc(=O)n(-c2ccccc2Cl)c2nc(C(F)(F)F)ccc12)C(B)(B)B. The summed E-state index contributed by atoms with van der Waals surface area (Å²) < 4.78 is 41.4. The summed E-state index contributed by atoms with van der Waals surface area (Å²) in [6.45, 7) is 0. The molecule has 0 aliphatic rings. The van der Waals surface area contributed by atoms with Crippen molar-refractivity contribution < 1.29 is 13.2 Å². The van der Waals surface area contributed by atoms with Crippen molar-refractivity contribution in [2.75, 3.05) is 4.90 Å². The highest BCUT2D eigenvalue weighted by atomic mass is 35.5. The summed E-state index contributed by atoms with van der Waals surface area (Å²) >= 11 is 6.26. The van der Waals surface area contributed by atoms with Crippen LogP contribution < -0.4 is 10.6 Å². The molecule has 0 fully saturated rings. The number of hydrogen-bond donors (Lipinski definition) is 0. The first kappa shape index (κ1) is 23.4. The van der Waals surface area contributed by atoms with E-state index >= 15 is 0 Å². The van der Waals surface area contributed by atoms with Gasteiger partial charge in [0, 0.05) is 0 Å². The molecule has 154 valence electrons. The number of anilines is 1. The smallest absolute Gasteiger partial charge is 0.391 e. The van der Waals surface area contributed by atoms with Gasteiger partial charge in [0.25, 0.3) is 0 Å². The van der Waals surface area contributed by atoms with Crippen molar-refractivity contribution in [2.45, 2.75) is 16.7 Å². The molecule has 5 nitrogen and oxygen atoms in total. The van der Waals surface area contributed by atoms with Gasteiger partial charge in [0.15, 0.2) is 5.65 Å². The Morgan fingerprint density at radius 2 is 1.48 bits per heavy atom. The summed E-state index contributed by atoms with van der Waals surface area (Å²) in [5, 5.41) is -0.450. The predicted octanol–water partition coefficient (Wildman–Crippen LogP) is -2.72. The third-order valence-corrected chi connectivity index (χ3v) is 4.98. The van der Waals surface area contributed by atoms with Gasteiger partial charge in [0.05, 0.1) is 16.1 Å². The molecule has 0 bridgehead atoms. The number of fused-ring (bicyclic) bond motifs is 1. The normalized spacial score (nSPS) is 12.8. The van der Waals surface area contributed by atoms with Crippen LogP contribution in [0.4, 0.5) is 19.0 Å². The zero-order valence-corrected chi connectivity index (χ0v) is 18.9. The molecule has 0 saturated heterocycles. The van der Waals surface area contributed by atoms with Crippen LogP contribution in [0.5, 0.6) is 0 Å². The van der Waals surface area contributed by atoms with Crippen LogP contribution in [0.2, 0.25) is 5.02 Å². The molecular weight excluding hydrogens is 422 g/mol. The van der Waals surface area contributed by atoms with Gasteiger partial charge in [-0.25, -0.2) is 14.3 Å². The molecule has 0 N–H and O–H groups in total. The minimum Gasteiger partial charge on any atom is -0.391 e. The number of aromatic nitrogens is 3. The number of hydrogen-bond acceptors (Lipinski definition) is 4. The number of nitrogens with zero attached hydrogens (tertiary/aromatic N) is 4. The van der Waals surface area contributed by atoms with Gasteiger partial charge in [-0.2, -0.15) is 18.2 Å². The first-order valence-corrected chi connectivity index (χ1v) is 10.1. The van der Waals surface area contributed by atoms with Crippen LogP contribution in [-0.2, 0) is 6.18 Å². The lowest BCUT2D eigenvalue weighted by Gasteiger charge is -2.48. The average Bonchev–Trinajstić information content (AvgIpc) is 2.59. The molecule has 1 aromatic carbocycles. The van der Waals surface area contributed by atoms with Gasteiger partial charge in [-0.05, 0) is 34.7 Å². The number of para-hydroxylation sites is 1. The monoisotopic (exact) mass is 440 g/mol. The lowest BCUT2D eigenvalue weighted by atomic mass is 9.40. The Balaban J connectivity index is 2.51. The van der Waals surface area contributed by atoms with Crippen molar-refractivity contribution in [1.82, 2.24) is 14.5 Å². The van der Waals surface area contributed by atoms with Gasteiger partial charge in [-0.1, -0.05) is 23.7 Å². The molecule has 0 saturated carbocycles. The molecule has 0 unspecified atom stereocenters. The Morgan fingerprint density at radius 1 is 0.903 bits per heavy atom. The summed E-state index contributed by atoms with van der Waals surface area (Å²) in [6, 6.07) is 8.60. The van der Waals surface area contributed by atoms with Gasteiger partial charge in [-0.15, -0.1) is 0 Å². The molecular formula is C16H18B6ClF3N4O. The average molecular weight is 440 g/mol.